The summed E-state index contributed by atoms with van der Waals surface area (Å²) in [4.78, 5) is 24.3. The predicted octanol–water partition coefficient (Wildman–Crippen LogP) is 3.62. The lowest BCUT2D eigenvalue weighted by Gasteiger charge is -2.25. The molecule has 8 nitrogen and oxygen atoms in total. The second-order valence-electron chi connectivity index (χ2n) is 4.64. The Hall–Kier alpha value is -1.60. The van der Waals surface area contributed by atoms with Crippen LogP contribution in [0.1, 0.15) is 20.8 Å². The monoisotopic (exact) mass is 392 g/mol. The van der Waals surface area contributed by atoms with Gasteiger partial charge in [0.15, 0.2) is 0 Å². The van der Waals surface area contributed by atoms with Gasteiger partial charge in [0.25, 0.3) is 0 Å². The molecule has 140 valence electrons. The van der Waals surface area contributed by atoms with E-state index in [-0.39, 0.29) is 19.8 Å². The van der Waals surface area contributed by atoms with Crippen molar-refractivity contribution < 1.29 is 27.9 Å². The largest absolute Gasteiger partial charge is 0.464 e. The number of halogens is 1. The highest BCUT2D eigenvalue weighted by atomic mass is 35.5. The highest BCUT2D eigenvalue weighted by Gasteiger charge is 2.43. The lowest BCUT2D eigenvalue weighted by Crippen LogP contribution is -2.44. The van der Waals surface area contributed by atoms with Gasteiger partial charge in [-0.2, -0.15) is 0 Å². The number of esters is 1. The Morgan fingerprint density at radius 3 is 2.12 bits per heavy atom. The first-order valence-electron chi connectivity index (χ1n) is 7.74. The first-order chi connectivity index (χ1) is 11.9. The normalized spacial score (nSPS) is 12.3. The van der Waals surface area contributed by atoms with Crippen molar-refractivity contribution in [3.63, 3.8) is 0 Å². The Morgan fingerprint density at radius 1 is 1.08 bits per heavy atom. The number of nitrogens with one attached hydrogen (secondary N) is 2. The van der Waals surface area contributed by atoms with E-state index >= 15 is 0 Å². The fraction of sp³-hybridized carbons (Fsp3) is 0.467. The average molecular weight is 393 g/mol. The first-order valence-corrected chi connectivity index (χ1v) is 9.73. The van der Waals surface area contributed by atoms with Gasteiger partial charge in [0.2, 0.25) is 5.78 Å². The van der Waals surface area contributed by atoms with Gasteiger partial charge >= 0.3 is 19.6 Å². The van der Waals surface area contributed by atoms with Crippen LogP contribution in [-0.4, -0.2) is 37.6 Å². The highest BCUT2D eigenvalue weighted by Crippen LogP contribution is 2.52. The maximum Gasteiger partial charge on any atom is 0.364 e. The summed E-state index contributed by atoms with van der Waals surface area (Å²) in [7, 11) is -3.95. The van der Waals surface area contributed by atoms with Gasteiger partial charge in [0.1, 0.15) is 0 Å². The molecule has 1 aromatic rings. The maximum absolute atomic E-state index is 12.9. The molecule has 0 saturated carbocycles. The summed E-state index contributed by atoms with van der Waals surface area (Å²) >= 11 is 5.78. The molecule has 0 radical (unpaired) electrons. The molecule has 0 bridgehead atoms. The van der Waals surface area contributed by atoms with Crippen LogP contribution in [0.25, 0.3) is 0 Å². The number of ether oxygens (including phenoxy) is 1. The zero-order chi connectivity index (χ0) is 18.9. The molecule has 1 aromatic carbocycles. The number of carbonyl (C=O) groups is 2. The van der Waals surface area contributed by atoms with Gasteiger partial charge in [0.05, 0.1) is 19.8 Å². The maximum atomic E-state index is 12.9. The zero-order valence-electron chi connectivity index (χ0n) is 14.3. The average Bonchev–Trinajstić information content (AvgIpc) is 2.55. The Bertz CT molecular complexity index is 615. The topological polar surface area (TPSA) is 103 Å². The zero-order valence-corrected chi connectivity index (χ0v) is 15.9. The van der Waals surface area contributed by atoms with E-state index in [9.17, 15) is 14.2 Å². The summed E-state index contributed by atoms with van der Waals surface area (Å²) in [6.45, 7) is 4.91. The van der Waals surface area contributed by atoms with Gasteiger partial charge in [-0.25, -0.2) is 9.59 Å². The number of hydrogen-bond donors (Lipinski definition) is 2. The lowest BCUT2D eigenvalue weighted by atomic mass is 10.3. The van der Waals surface area contributed by atoms with Gasteiger partial charge in [-0.15, -0.1) is 0 Å². The van der Waals surface area contributed by atoms with Crippen molar-refractivity contribution in [2.45, 2.75) is 26.6 Å². The van der Waals surface area contributed by atoms with Crippen molar-refractivity contribution in [2.75, 3.05) is 25.1 Å². The number of carbonyl (C=O) groups excluding carboxylic acids is 2. The molecule has 0 aliphatic rings. The molecule has 0 aliphatic heterocycles. The molecule has 1 atom stereocenters. The van der Waals surface area contributed by atoms with E-state index in [0.29, 0.717) is 10.7 Å². The minimum absolute atomic E-state index is 0.0354. The van der Waals surface area contributed by atoms with Crippen LogP contribution >= 0.6 is 19.2 Å². The summed E-state index contributed by atoms with van der Waals surface area (Å²) in [5.41, 5.74) is 0.437. The lowest BCUT2D eigenvalue weighted by molar-refractivity contribution is -0.143. The van der Waals surface area contributed by atoms with Crippen molar-refractivity contribution >= 4 is 36.9 Å². The van der Waals surface area contributed by atoms with E-state index in [0.717, 1.165) is 0 Å². The number of amides is 2. The fourth-order valence-corrected chi connectivity index (χ4v) is 3.69. The Morgan fingerprint density at radius 2 is 1.64 bits per heavy atom. The minimum atomic E-state index is -3.95. The van der Waals surface area contributed by atoms with Gasteiger partial charge in [-0.05, 0) is 45.0 Å². The van der Waals surface area contributed by atoms with Crippen LogP contribution < -0.4 is 10.6 Å². The molecule has 2 amide bonds. The van der Waals surface area contributed by atoms with Crippen LogP contribution in [0.4, 0.5) is 10.5 Å². The standard InChI is InChI=1S/C15H22ClN2O6P/c1-4-22-14(19)13(25(21,23-5-2)24-6-3)18-15(20)17-12-9-7-11(16)8-10-12/h7-10,13H,4-6H2,1-3H3,(H2,17,18,20)/t13-/m0/s1. The summed E-state index contributed by atoms with van der Waals surface area (Å²) in [5, 5.41) is 5.32. The predicted molar refractivity (Wildman–Crippen MR) is 94.9 cm³/mol. The van der Waals surface area contributed by atoms with Crippen LogP contribution in [0, 0.1) is 0 Å². The second kappa shape index (κ2) is 10.4. The van der Waals surface area contributed by atoms with Gasteiger partial charge in [-0.1, -0.05) is 11.6 Å². The molecule has 10 heteroatoms. The molecular formula is C15H22ClN2O6P. The summed E-state index contributed by atoms with van der Waals surface area (Å²) in [6, 6.07) is 5.56. The summed E-state index contributed by atoms with van der Waals surface area (Å²) in [5.74, 6) is -2.49. The van der Waals surface area contributed by atoms with Gasteiger partial charge < -0.3 is 24.4 Å². The number of benzene rings is 1. The molecule has 0 spiro atoms. The third-order valence-corrected chi connectivity index (χ3v) is 5.27. The molecule has 2 N–H and O–H groups in total. The van der Waals surface area contributed by atoms with Crippen LogP contribution in [-0.2, 0) is 23.1 Å². The van der Waals surface area contributed by atoms with Crippen LogP contribution in [0.3, 0.4) is 0 Å². The number of hydrogen-bond acceptors (Lipinski definition) is 6. The number of urea groups is 1. The molecule has 0 unspecified atom stereocenters. The first kappa shape index (κ1) is 21.4. The third-order valence-electron chi connectivity index (χ3n) is 2.81. The third kappa shape index (κ3) is 6.66. The van der Waals surface area contributed by atoms with E-state index < -0.39 is 25.4 Å². The second-order valence-corrected chi connectivity index (χ2v) is 7.18. The SMILES string of the molecule is CCOC(=O)[C@@H](NC(=O)Nc1ccc(Cl)cc1)P(=O)(OCC)OCC. The molecule has 0 heterocycles. The molecule has 0 saturated heterocycles. The van der Waals surface area contributed by atoms with E-state index in [1.165, 1.54) is 0 Å². The number of rotatable bonds is 9. The van der Waals surface area contributed by atoms with Crippen molar-refractivity contribution in [3.05, 3.63) is 29.3 Å². The summed E-state index contributed by atoms with van der Waals surface area (Å²) in [6.07, 6.45) is 0. The van der Waals surface area contributed by atoms with Crippen LogP contribution in [0.2, 0.25) is 5.02 Å². The molecule has 1 rings (SSSR count). The van der Waals surface area contributed by atoms with Crippen molar-refractivity contribution in [1.29, 1.82) is 0 Å². The van der Waals surface area contributed by atoms with Crippen molar-refractivity contribution in [3.8, 4) is 0 Å². The number of anilines is 1. The van der Waals surface area contributed by atoms with Gasteiger partial charge in [0, 0.05) is 10.7 Å². The van der Waals surface area contributed by atoms with E-state index in [2.05, 4.69) is 10.6 Å². The smallest absolute Gasteiger partial charge is 0.364 e. The Balaban J connectivity index is 2.95. The van der Waals surface area contributed by atoms with E-state index in [1.54, 1.807) is 45.0 Å². The summed E-state index contributed by atoms with van der Waals surface area (Å²) < 4.78 is 28.0. The molecule has 25 heavy (non-hydrogen) atoms. The minimum Gasteiger partial charge on any atom is -0.464 e. The quantitative estimate of drug-likeness (QED) is 0.491. The van der Waals surface area contributed by atoms with Crippen LogP contribution in [0.15, 0.2) is 24.3 Å². The fourth-order valence-electron chi connectivity index (χ4n) is 1.86. The van der Waals surface area contributed by atoms with E-state index in [4.69, 9.17) is 25.4 Å². The van der Waals surface area contributed by atoms with Crippen LogP contribution in [0.5, 0.6) is 0 Å². The van der Waals surface area contributed by atoms with Crippen molar-refractivity contribution in [2.24, 2.45) is 0 Å². The Kier molecular flexibility index (Phi) is 8.92. The molecule has 0 aromatic heterocycles. The highest BCUT2D eigenvalue weighted by molar-refractivity contribution is 7.55. The van der Waals surface area contributed by atoms with Gasteiger partial charge in [-0.3, -0.25) is 4.57 Å². The van der Waals surface area contributed by atoms with Crippen molar-refractivity contribution in [1.82, 2.24) is 5.32 Å². The van der Waals surface area contributed by atoms with E-state index in [1.807, 2.05) is 0 Å². The Labute approximate surface area is 151 Å². The molecule has 0 fully saturated rings. The molecule has 0 aliphatic carbocycles. The molecular weight excluding hydrogens is 371 g/mol.